The maximum atomic E-state index is 14.2. The summed E-state index contributed by atoms with van der Waals surface area (Å²) >= 11 is 5.85. The average Bonchev–Trinajstić information content (AvgIpc) is 3.61. The summed E-state index contributed by atoms with van der Waals surface area (Å²) in [6.45, 7) is 3.25. The Morgan fingerprint density at radius 2 is 1.91 bits per heavy atom. The molecule has 4 heterocycles. The maximum Gasteiger partial charge on any atom is 0.335 e. The van der Waals surface area contributed by atoms with Gasteiger partial charge in [0.15, 0.2) is 0 Å². The second-order valence-corrected chi connectivity index (χ2v) is 11.4. The number of hydrogen-bond donors (Lipinski definition) is 2. The molecule has 2 aromatic carbocycles. The van der Waals surface area contributed by atoms with E-state index in [-0.39, 0.29) is 18.1 Å². The number of methoxy groups -OCH3 is 1. The first-order valence-electron chi connectivity index (χ1n) is 14.4. The van der Waals surface area contributed by atoms with Crippen LogP contribution in [-0.4, -0.2) is 60.9 Å². The van der Waals surface area contributed by atoms with Gasteiger partial charge in [-0.1, -0.05) is 23.7 Å². The molecule has 0 amide bonds. The highest BCUT2D eigenvalue weighted by Gasteiger charge is 2.24. The van der Waals surface area contributed by atoms with E-state index in [0.29, 0.717) is 36.2 Å². The van der Waals surface area contributed by atoms with Gasteiger partial charge in [0, 0.05) is 35.4 Å². The molecule has 6 rings (SSSR count). The molecule has 12 heteroatoms. The summed E-state index contributed by atoms with van der Waals surface area (Å²) in [6.07, 6.45) is 1.82. The number of carboxylic acid groups (broad SMARTS) is 1. The number of nitrogens with zero attached hydrogens (tertiary/aromatic N) is 5. The van der Waals surface area contributed by atoms with Crippen molar-refractivity contribution in [3.63, 3.8) is 0 Å². The predicted octanol–water partition coefficient (Wildman–Crippen LogP) is 5.80. The lowest BCUT2D eigenvalue weighted by molar-refractivity contribution is 0.0697. The van der Waals surface area contributed by atoms with Crippen molar-refractivity contribution < 1.29 is 23.8 Å². The number of imidazole rings is 1. The van der Waals surface area contributed by atoms with Crippen LogP contribution >= 0.6 is 11.6 Å². The van der Waals surface area contributed by atoms with Crippen molar-refractivity contribution in [1.82, 2.24) is 29.6 Å². The largest absolute Gasteiger partial charge is 0.478 e. The molecule has 0 atom stereocenters. The zero-order valence-corrected chi connectivity index (χ0v) is 24.9. The quantitative estimate of drug-likeness (QED) is 0.191. The van der Waals surface area contributed by atoms with Crippen molar-refractivity contribution in [2.75, 3.05) is 20.2 Å². The van der Waals surface area contributed by atoms with Crippen LogP contribution in [0.3, 0.4) is 0 Å². The van der Waals surface area contributed by atoms with Gasteiger partial charge in [0.05, 0.1) is 47.7 Å². The fourth-order valence-electron chi connectivity index (χ4n) is 5.60. The number of H-pyrrole nitrogens is 1. The van der Waals surface area contributed by atoms with Crippen LogP contribution in [0.15, 0.2) is 60.7 Å². The molecule has 5 aromatic rings. The molecule has 44 heavy (non-hydrogen) atoms. The van der Waals surface area contributed by atoms with E-state index in [2.05, 4.69) is 19.7 Å². The van der Waals surface area contributed by atoms with Gasteiger partial charge in [0.2, 0.25) is 5.88 Å². The van der Waals surface area contributed by atoms with Crippen molar-refractivity contribution in [2.24, 2.45) is 0 Å². The third-order valence-electron chi connectivity index (χ3n) is 7.89. The highest BCUT2D eigenvalue weighted by molar-refractivity contribution is 6.30. The van der Waals surface area contributed by atoms with E-state index in [9.17, 15) is 14.3 Å². The zero-order chi connectivity index (χ0) is 30.6. The van der Waals surface area contributed by atoms with Crippen LogP contribution < -0.4 is 4.74 Å². The van der Waals surface area contributed by atoms with Crippen molar-refractivity contribution >= 4 is 28.6 Å². The number of ether oxygens (including phenoxy) is 2. The minimum Gasteiger partial charge on any atom is -0.478 e. The molecule has 1 aliphatic rings. The first kappa shape index (κ1) is 29.7. The number of rotatable bonds is 11. The summed E-state index contributed by atoms with van der Waals surface area (Å²) in [4.78, 5) is 23.7. The number of likely N-dealkylation sites (tertiary alicyclic amines) is 1. The summed E-state index contributed by atoms with van der Waals surface area (Å²) in [7, 11) is 1.62. The Morgan fingerprint density at radius 3 is 2.68 bits per heavy atom. The number of aromatic nitrogens is 5. The number of fused-ring (bicyclic) bond motifs is 1. The first-order valence-corrected chi connectivity index (χ1v) is 14.7. The summed E-state index contributed by atoms with van der Waals surface area (Å²) in [5, 5.41) is 17.3. The zero-order valence-electron chi connectivity index (χ0n) is 24.2. The van der Waals surface area contributed by atoms with E-state index in [4.69, 9.17) is 31.0 Å². The van der Waals surface area contributed by atoms with Gasteiger partial charge in [-0.2, -0.15) is 5.10 Å². The molecule has 0 bridgehead atoms. The molecular formula is C32H32ClFN6O4. The number of aromatic amines is 1. The number of hydrogen-bond acceptors (Lipinski definition) is 7. The van der Waals surface area contributed by atoms with Crippen molar-refractivity contribution in [3.8, 4) is 5.88 Å². The molecule has 0 unspecified atom stereocenters. The Kier molecular flexibility index (Phi) is 8.87. The van der Waals surface area contributed by atoms with Crippen LogP contribution in [0.4, 0.5) is 4.39 Å². The molecular weight excluding hydrogens is 587 g/mol. The summed E-state index contributed by atoms with van der Waals surface area (Å²) in [5.41, 5.74) is 4.77. The van der Waals surface area contributed by atoms with Gasteiger partial charge >= 0.3 is 5.97 Å². The standard InChI is InChI=1S/C32H32ClFN6O4/c1-43-19-25-15-24(37-38-25)16-40-29-13-21(32(41)42)6-8-28(29)35-30(40)17-39-11-9-20(10-12-39)27-3-2-4-31(36-27)44-18-22-5-7-23(33)14-26(22)34/h2-8,13-15,20H,9-12,16-19H2,1H3,(H,37,38)(H,41,42). The van der Waals surface area contributed by atoms with Crippen LogP contribution in [-0.2, 0) is 31.0 Å². The molecule has 1 aliphatic heterocycles. The van der Waals surface area contributed by atoms with Crippen LogP contribution in [0.1, 0.15) is 57.6 Å². The van der Waals surface area contributed by atoms with Gasteiger partial charge < -0.3 is 19.1 Å². The number of benzene rings is 2. The SMILES string of the molecule is COCc1cc(Cn2c(CN3CCC(c4cccc(OCc5ccc(Cl)cc5F)n4)CC3)nc3ccc(C(=O)O)cc32)[nH]n1. The van der Waals surface area contributed by atoms with Crippen molar-refractivity contribution in [1.29, 1.82) is 0 Å². The lowest BCUT2D eigenvalue weighted by Crippen LogP contribution is -2.33. The molecule has 0 saturated carbocycles. The number of pyridine rings is 1. The first-order chi connectivity index (χ1) is 21.4. The lowest BCUT2D eigenvalue weighted by Gasteiger charge is -2.31. The number of nitrogens with one attached hydrogen (secondary N) is 1. The van der Waals surface area contributed by atoms with Gasteiger partial charge in [-0.15, -0.1) is 0 Å². The molecule has 0 aliphatic carbocycles. The molecule has 1 saturated heterocycles. The van der Waals surface area contributed by atoms with Gasteiger partial charge in [-0.25, -0.2) is 19.2 Å². The minimum atomic E-state index is -0.979. The van der Waals surface area contributed by atoms with Crippen molar-refractivity contribution in [2.45, 2.75) is 45.1 Å². The number of piperidine rings is 1. The number of carbonyl (C=O) groups is 1. The van der Waals surface area contributed by atoms with Crippen molar-refractivity contribution in [3.05, 3.63) is 106 Å². The Hall–Kier alpha value is -4.32. The smallest absolute Gasteiger partial charge is 0.335 e. The molecule has 228 valence electrons. The number of carboxylic acids is 1. The molecule has 2 N–H and O–H groups in total. The molecule has 3 aromatic heterocycles. The van der Waals surface area contributed by atoms with E-state index in [1.807, 2.05) is 18.2 Å². The van der Waals surface area contributed by atoms with Gasteiger partial charge in [0.1, 0.15) is 18.2 Å². The normalized spacial score (nSPS) is 14.3. The Balaban J connectivity index is 1.14. The summed E-state index contributed by atoms with van der Waals surface area (Å²) in [5.74, 6) is 0.195. The lowest BCUT2D eigenvalue weighted by atomic mass is 9.93. The highest BCUT2D eigenvalue weighted by atomic mass is 35.5. The summed E-state index contributed by atoms with van der Waals surface area (Å²) < 4.78 is 27.2. The number of aromatic carboxylic acids is 1. The Labute approximate surface area is 258 Å². The molecule has 0 radical (unpaired) electrons. The monoisotopic (exact) mass is 618 g/mol. The Bertz CT molecular complexity index is 1780. The van der Waals surface area contributed by atoms with Crippen LogP contribution in [0, 0.1) is 5.82 Å². The van der Waals surface area contributed by atoms with Crippen LogP contribution in [0.5, 0.6) is 5.88 Å². The van der Waals surface area contributed by atoms with E-state index < -0.39 is 11.8 Å². The topological polar surface area (TPSA) is 118 Å². The van der Waals surface area contributed by atoms with Gasteiger partial charge in [0.25, 0.3) is 0 Å². The fourth-order valence-corrected chi connectivity index (χ4v) is 5.76. The fraction of sp³-hybridized carbons (Fsp3) is 0.312. The second-order valence-electron chi connectivity index (χ2n) is 10.9. The van der Waals surface area contributed by atoms with Crippen LogP contribution in [0.2, 0.25) is 5.02 Å². The highest BCUT2D eigenvalue weighted by Crippen LogP contribution is 2.30. The molecule has 1 fully saturated rings. The number of halogens is 2. The van der Waals surface area contributed by atoms with E-state index >= 15 is 0 Å². The molecule has 10 nitrogen and oxygen atoms in total. The van der Waals surface area contributed by atoms with Gasteiger partial charge in [-0.3, -0.25) is 10.00 Å². The Morgan fingerprint density at radius 1 is 1.07 bits per heavy atom. The molecule has 0 spiro atoms. The van der Waals surface area contributed by atoms with E-state index in [1.54, 1.807) is 43.5 Å². The minimum absolute atomic E-state index is 0.0686. The third kappa shape index (κ3) is 6.75. The summed E-state index contributed by atoms with van der Waals surface area (Å²) in [6, 6.07) is 17.2. The average molecular weight is 619 g/mol. The second kappa shape index (κ2) is 13.1. The van der Waals surface area contributed by atoms with Gasteiger partial charge in [-0.05, 0) is 68.4 Å². The van der Waals surface area contributed by atoms with E-state index in [0.717, 1.165) is 59.9 Å². The third-order valence-corrected chi connectivity index (χ3v) is 8.12. The van der Waals surface area contributed by atoms with Crippen LogP contribution in [0.25, 0.3) is 11.0 Å². The van der Waals surface area contributed by atoms with E-state index in [1.165, 1.54) is 6.07 Å². The predicted molar refractivity (Wildman–Crippen MR) is 162 cm³/mol. The maximum absolute atomic E-state index is 14.2.